The lowest BCUT2D eigenvalue weighted by Crippen LogP contribution is -2.36. The van der Waals surface area contributed by atoms with Crippen LogP contribution < -0.4 is 15.4 Å². The van der Waals surface area contributed by atoms with E-state index in [0.29, 0.717) is 29.4 Å². The predicted octanol–water partition coefficient (Wildman–Crippen LogP) is 3.06. The highest BCUT2D eigenvalue weighted by molar-refractivity contribution is 5.95. The number of carbonyl (C=O) groups excluding carboxylic acids is 2. The Morgan fingerprint density at radius 3 is 2.67 bits per heavy atom. The second-order valence-corrected chi connectivity index (χ2v) is 6.71. The van der Waals surface area contributed by atoms with Crippen LogP contribution in [0.1, 0.15) is 22.5 Å². The number of halogens is 3. The van der Waals surface area contributed by atoms with Crippen LogP contribution in [0.3, 0.4) is 0 Å². The molecule has 1 fully saturated rings. The summed E-state index contributed by atoms with van der Waals surface area (Å²) in [7, 11) is 0. The summed E-state index contributed by atoms with van der Waals surface area (Å²) in [6, 6.07) is 9.84. The number of nitrogens with one attached hydrogen (secondary N) is 2. The minimum atomic E-state index is -4.46. The zero-order chi connectivity index (χ0) is 21.3. The van der Waals surface area contributed by atoms with Gasteiger partial charge in [0.15, 0.2) is 0 Å². The van der Waals surface area contributed by atoms with Crippen molar-refractivity contribution in [2.24, 2.45) is 0 Å². The quantitative estimate of drug-likeness (QED) is 0.682. The van der Waals surface area contributed by atoms with Gasteiger partial charge in [-0.3, -0.25) is 9.59 Å². The maximum atomic E-state index is 12.6. The third-order valence-corrected chi connectivity index (χ3v) is 4.49. The number of aromatic nitrogens is 2. The van der Waals surface area contributed by atoms with Crippen LogP contribution >= 0.6 is 0 Å². The van der Waals surface area contributed by atoms with Crippen LogP contribution in [0.5, 0.6) is 11.6 Å². The van der Waals surface area contributed by atoms with Crippen LogP contribution in [0, 0.1) is 0 Å². The number of carbonyl (C=O) groups is 2. The summed E-state index contributed by atoms with van der Waals surface area (Å²) in [6.45, 7) is 0.386. The van der Waals surface area contributed by atoms with E-state index >= 15 is 0 Å². The lowest BCUT2D eigenvalue weighted by Gasteiger charge is -2.11. The van der Waals surface area contributed by atoms with Crippen LogP contribution in [0.15, 0.2) is 48.7 Å². The number of ether oxygens (including phenoxy) is 1. The van der Waals surface area contributed by atoms with Crippen LogP contribution in [0.4, 0.5) is 13.2 Å². The number of hydrogen-bond donors (Lipinski definition) is 2. The normalized spacial score (nSPS) is 16.4. The number of benzene rings is 1. The number of fused-ring (bicyclic) bond motifs is 1. The Balaban J connectivity index is 1.47. The number of amides is 2. The molecule has 7 nitrogen and oxygen atoms in total. The third-order valence-electron chi connectivity index (χ3n) is 4.49. The van der Waals surface area contributed by atoms with Crippen molar-refractivity contribution in [1.29, 1.82) is 0 Å². The first kappa shape index (κ1) is 19.6. The third kappa shape index (κ3) is 4.32. The summed E-state index contributed by atoms with van der Waals surface area (Å²) in [5, 5.41) is 6.07. The molecular weight excluding hydrogens is 401 g/mol. The molecule has 2 N–H and O–H groups in total. The predicted molar refractivity (Wildman–Crippen MR) is 99.9 cm³/mol. The molecule has 0 aliphatic carbocycles. The molecule has 2 aromatic heterocycles. The molecule has 1 aromatic carbocycles. The number of hydrogen-bond acceptors (Lipinski definition) is 5. The van der Waals surface area contributed by atoms with Gasteiger partial charge in [0.1, 0.15) is 11.4 Å². The largest absolute Gasteiger partial charge is 0.439 e. The van der Waals surface area contributed by atoms with E-state index in [1.54, 1.807) is 30.3 Å². The Hall–Kier alpha value is -3.69. The minimum Gasteiger partial charge on any atom is -0.439 e. The first-order chi connectivity index (χ1) is 14.3. The Kier molecular flexibility index (Phi) is 4.98. The molecule has 154 valence electrons. The van der Waals surface area contributed by atoms with Crippen molar-refractivity contribution in [1.82, 2.24) is 20.6 Å². The Bertz CT molecular complexity index is 1120. The fourth-order valence-corrected chi connectivity index (χ4v) is 2.99. The fraction of sp³-hybridized carbons (Fsp3) is 0.200. The molecule has 1 saturated heterocycles. The topological polar surface area (TPSA) is 93.2 Å². The van der Waals surface area contributed by atoms with Gasteiger partial charge >= 0.3 is 6.18 Å². The van der Waals surface area contributed by atoms with Gasteiger partial charge in [-0.15, -0.1) is 0 Å². The highest BCUT2D eigenvalue weighted by atomic mass is 19.4. The SMILES string of the molecule is O=C1C[C@@H](NC(=O)c2ccc3cc(Oc4ccc(C(F)(F)F)cn4)ccc3n2)CN1. The molecule has 0 saturated carbocycles. The van der Waals surface area contributed by atoms with E-state index in [0.717, 1.165) is 12.1 Å². The van der Waals surface area contributed by atoms with Crippen LogP contribution in [-0.4, -0.2) is 34.4 Å². The standard InChI is InChI=1S/C20H15F3N4O3/c21-20(22,23)12-2-6-18(25-9-12)30-14-3-5-15-11(7-14)1-4-16(27-15)19(29)26-13-8-17(28)24-10-13/h1-7,9,13H,8,10H2,(H,24,28)(H,26,29)/t13-/m1/s1. The zero-order valence-electron chi connectivity index (χ0n) is 15.4. The van der Waals surface area contributed by atoms with E-state index in [1.807, 2.05) is 0 Å². The maximum absolute atomic E-state index is 12.6. The highest BCUT2D eigenvalue weighted by Crippen LogP contribution is 2.30. The van der Waals surface area contributed by atoms with E-state index in [-0.39, 0.29) is 35.9 Å². The summed E-state index contributed by atoms with van der Waals surface area (Å²) in [4.78, 5) is 31.5. The number of rotatable bonds is 4. The first-order valence-corrected chi connectivity index (χ1v) is 8.97. The lowest BCUT2D eigenvalue weighted by atomic mass is 10.2. The minimum absolute atomic E-state index is 0.0195. The van der Waals surface area contributed by atoms with Crippen LogP contribution in [-0.2, 0) is 11.0 Å². The Morgan fingerprint density at radius 2 is 2.00 bits per heavy atom. The summed E-state index contributed by atoms with van der Waals surface area (Å²) < 4.78 is 43.3. The van der Waals surface area contributed by atoms with Crippen molar-refractivity contribution in [3.63, 3.8) is 0 Å². The Morgan fingerprint density at radius 1 is 1.17 bits per heavy atom. The molecule has 0 radical (unpaired) electrons. The van der Waals surface area contributed by atoms with E-state index < -0.39 is 11.7 Å². The van der Waals surface area contributed by atoms with Crippen LogP contribution in [0.25, 0.3) is 10.9 Å². The second kappa shape index (κ2) is 7.62. The van der Waals surface area contributed by atoms with Crippen molar-refractivity contribution in [3.05, 3.63) is 59.9 Å². The molecule has 10 heteroatoms. The number of alkyl halides is 3. The molecule has 0 bridgehead atoms. The smallest absolute Gasteiger partial charge is 0.417 e. The molecule has 0 unspecified atom stereocenters. The molecule has 30 heavy (non-hydrogen) atoms. The van der Waals surface area contributed by atoms with Gasteiger partial charge < -0.3 is 15.4 Å². The van der Waals surface area contributed by atoms with Gasteiger partial charge in [0.2, 0.25) is 11.8 Å². The molecule has 4 rings (SSSR count). The average molecular weight is 416 g/mol. The fourth-order valence-electron chi connectivity index (χ4n) is 2.99. The first-order valence-electron chi connectivity index (χ1n) is 8.97. The van der Waals surface area contributed by atoms with Gasteiger partial charge in [0, 0.05) is 30.6 Å². The summed E-state index contributed by atoms with van der Waals surface area (Å²) in [5.74, 6) is -0.107. The molecule has 3 heterocycles. The van der Waals surface area contributed by atoms with Crippen molar-refractivity contribution < 1.29 is 27.5 Å². The number of pyridine rings is 2. The maximum Gasteiger partial charge on any atom is 0.417 e. The van der Waals surface area contributed by atoms with E-state index in [4.69, 9.17) is 4.74 Å². The van der Waals surface area contributed by atoms with Gasteiger partial charge in [-0.25, -0.2) is 9.97 Å². The summed E-state index contributed by atoms with van der Waals surface area (Å²) >= 11 is 0. The second-order valence-electron chi connectivity index (χ2n) is 6.71. The summed E-state index contributed by atoms with van der Waals surface area (Å²) in [6.07, 6.45) is -3.53. The van der Waals surface area contributed by atoms with E-state index in [9.17, 15) is 22.8 Å². The average Bonchev–Trinajstić information content (AvgIpc) is 3.12. The van der Waals surface area contributed by atoms with Gasteiger partial charge in [0.25, 0.3) is 5.91 Å². The van der Waals surface area contributed by atoms with Crippen molar-refractivity contribution in [3.8, 4) is 11.6 Å². The zero-order valence-corrected chi connectivity index (χ0v) is 15.4. The molecule has 1 atom stereocenters. The van der Waals surface area contributed by atoms with Crippen molar-refractivity contribution in [2.45, 2.75) is 18.6 Å². The lowest BCUT2D eigenvalue weighted by molar-refractivity contribution is -0.137. The van der Waals surface area contributed by atoms with Gasteiger partial charge in [0.05, 0.1) is 17.1 Å². The molecule has 0 spiro atoms. The van der Waals surface area contributed by atoms with Crippen molar-refractivity contribution >= 4 is 22.7 Å². The monoisotopic (exact) mass is 416 g/mol. The van der Waals surface area contributed by atoms with Gasteiger partial charge in [-0.1, -0.05) is 6.07 Å². The Labute approximate surface area is 168 Å². The molecule has 3 aromatic rings. The number of nitrogens with zero attached hydrogens (tertiary/aromatic N) is 2. The van der Waals surface area contributed by atoms with E-state index in [1.165, 1.54) is 0 Å². The molecule has 1 aliphatic heterocycles. The van der Waals surface area contributed by atoms with Crippen molar-refractivity contribution in [2.75, 3.05) is 6.54 Å². The highest BCUT2D eigenvalue weighted by Gasteiger charge is 2.30. The van der Waals surface area contributed by atoms with Crippen LogP contribution in [0.2, 0.25) is 0 Å². The van der Waals surface area contributed by atoms with E-state index in [2.05, 4.69) is 20.6 Å². The van der Waals surface area contributed by atoms with Gasteiger partial charge in [-0.05, 0) is 30.3 Å². The summed E-state index contributed by atoms with van der Waals surface area (Å²) in [5.41, 5.74) is -0.114. The molecule has 2 amide bonds. The molecule has 1 aliphatic rings. The van der Waals surface area contributed by atoms with Gasteiger partial charge in [-0.2, -0.15) is 13.2 Å². The molecular formula is C20H15F3N4O3.